The first-order valence-electron chi connectivity index (χ1n) is 12.3. The molecule has 4 rings (SSSR count). The third kappa shape index (κ3) is 5.50. The summed E-state index contributed by atoms with van der Waals surface area (Å²) in [6.45, 7) is 5.60. The molecule has 0 saturated heterocycles. The zero-order chi connectivity index (χ0) is 25.2. The van der Waals surface area contributed by atoms with E-state index in [1.807, 2.05) is 24.3 Å². The lowest BCUT2D eigenvalue weighted by Crippen LogP contribution is -2.52. The zero-order valence-electron chi connectivity index (χ0n) is 20.5. The Morgan fingerprint density at radius 2 is 1.60 bits per heavy atom. The van der Waals surface area contributed by atoms with Gasteiger partial charge in [-0.2, -0.15) is 0 Å². The van der Waals surface area contributed by atoms with Gasteiger partial charge in [-0.1, -0.05) is 75.7 Å². The fourth-order valence-electron chi connectivity index (χ4n) is 5.27. The van der Waals surface area contributed by atoms with Crippen LogP contribution in [0, 0.1) is 11.3 Å². The molecule has 1 saturated carbocycles. The van der Waals surface area contributed by atoms with E-state index in [-0.39, 0.29) is 30.4 Å². The number of rotatable bonds is 6. The van der Waals surface area contributed by atoms with Gasteiger partial charge in [-0.15, -0.1) is 0 Å². The van der Waals surface area contributed by atoms with E-state index in [4.69, 9.17) is 4.74 Å². The maximum absolute atomic E-state index is 12.8. The molecule has 2 amide bonds. The van der Waals surface area contributed by atoms with Crippen molar-refractivity contribution < 1.29 is 24.2 Å². The van der Waals surface area contributed by atoms with Crippen molar-refractivity contribution in [1.82, 2.24) is 10.6 Å². The lowest BCUT2D eigenvalue weighted by molar-refractivity contribution is -0.145. The summed E-state index contributed by atoms with van der Waals surface area (Å²) in [4.78, 5) is 37.1. The predicted molar refractivity (Wildman–Crippen MR) is 133 cm³/mol. The van der Waals surface area contributed by atoms with Gasteiger partial charge in [-0.3, -0.25) is 4.79 Å². The van der Waals surface area contributed by atoms with Gasteiger partial charge in [0.1, 0.15) is 12.6 Å². The molecule has 7 heteroatoms. The number of carboxylic acids is 1. The number of hydrogen-bond donors (Lipinski definition) is 3. The first-order chi connectivity index (χ1) is 16.6. The summed E-state index contributed by atoms with van der Waals surface area (Å²) >= 11 is 0. The molecule has 3 N–H and O–H groups in total. The molecule has 0 spiro atoms. The Labute approximate surface area is 206 Å². The molecule has 1 fully saturated rings. The second-order valence-corrected chi connectivity index (χ2v) is 10.7. The highest BCUT2D eigenvalue weighted by Crippen LogP contribution is 2.44. The summed E-state index contributed by atoms with van der Waals surface area (Å²) in [5, 5.41) is 15.1. The standard InChI is InChI=1S/C28H34N2O5/c1-28(2,3)24(26(32)33)30-25(31)17-9-8-10-18(15-17)29-27(34)35-16-23-21-13-6-4-11-19(21)20-12-5-7-14-22(20)23/h4-7,11-14,17-18,23-24H,8-10,15-16H2,1-3H3,(H,29,34)(H,30,31)(H,32,33). The molecule has 2 aliphatic carbocycles. The quantitative estimate of drug-likeness (QED) is 0.558. The van der Waals surface area contributed by atoms with E-state index in [9.17, 15) is 19.5 Å². The molecule has 35 heavy (non-hydrogen) atoms. The van der Waals surface area contributed by atoms with Crippen LogP contribution in [0.4, 0.5) is 4.79 Å². The Kier molecular flexibility index (Phi) is 7.15. The Balaban J connectivity index is 1.33. The van der Waals surface area contributed by atoms with Crippen molar-refractivity contribution in [3.63, 3.8) is 0 Å². The number of carboxylic acid groups (broad SMARTS) is 1. The number of benzene rings is 2. The fourth-order valence-corrected chi connectivity index (χ4v) is 5.27. The van der Waals surface area contributed by atoms with Crippen LogP contribution in [0.25, 0.3) is 11.1 Å². The number of aliphatic carboxylic acids is 1. The molecule has 7 nitrogen and oxygen atoms in total. The van der Waals surface area contributed by atoms with Crippen LogP contribution in [0.1, 0.15) is 63.5 Å². The lowest BCUT2D eigenvalue weighted by atomic mass is 9.83. The minimum Gasteiger partial charge on any atom is -0.480 e. The van der Waals surface area contributed by atoms with Gasteiger partial charge >= 0.3 is 12.1 Å². The van der Waals surface area contributed by atoms with Crippen LogP contribution in [-0.4, -0.2) is 41.8 Å². The number of carbonyl (C=O) groups excluding carboxylic acids is 2. The first-order valence-corrected chi connectivity index (χ1v) is 12.3. The van der Waals surface area contributed by atoms with Crippen molar-refractivity contribution >= 4 is 18.0 Å². The van der Waals surface area contributed by atoms with Gasteiger partial charge in [0, 0.05) is 17.9 Å². The van der Waals surface area contributed by atoms with Gasteiger partial charge in [-0.25, -0.2) is 9.59 Å². The Hall–Kier alpha value is -3.35. The minimum absolute atomic E-state index is 0.0108. The van der Waals surface area contributed by atoms with E-state index in [1.165, 1.54) is 11.1 Å². The van der Waals surface area contributed by atoms with Crippen molar-refractivity contribution in [2.45, 2.75) is 64.5 Å². The summed E-state index contributed by atoms with van der Waals surface area (Å²) in [6, 6.07) is 15.2. The van der Waals surface area contributed by atoms with Crippen LogP contribution < -0.4 is 10.6 Å². The highest BCUT2D eigenvalue weighted by molar-refractivity contribution is 5.85. The molecule has 0 radical (unpaired) electrons. The van der Waals surface area contributed by atoms with Crippen LogP contribution in [0.15, 0.2) is 48.5 Å². The zero-order valence-corrected chi connectivity index (χ0v) is 20.5. The molecule has 2 aliphatic rings. The summed E-state index contributed by atoms with van der Waals surface area (Å²) < 4.78 is 5.65. The van der Waals surface area contributed by atoms with Crippen LogP contribution in [-0.2, 0) is 14.3 Å². The maximum atomic E-state index is 12.8. The van der Waals surface area contributed by atoms with Gasteiger partial charge in [0.2, 0.25) is 5.91 Å². The first kappa shape index (κ1) is 24.8. The second-order valence-electron chi connectivity index (χ2n) is 10.7. The third-order valence-corrected chi connectivity index (χ3v) is 7.11. The Morgan fingerprint density at radius 1 is 1.00 bits per heavy atom. The lowest BCUT2D eigenvalue weighted by Gasteiger charge is -2.32. The Bertz CT molecular complexity index is 1060. The molecule has 0 aliphatic heterocycles. The molecule has 2 aromatic rings. The van der Waals surface area contributed by atoms with Crippen LogP contribution in [0.3, 0.4) is 0 Å². The van der Waals surface area contributed by atoms with E-state index in [1.54, 1.807) is 20.8 Å². The average Bonchev–Trinajstić information content (AvgIpc) is 3.14. The highest BCUT2D eigenvalue weighted by Gasteiger charge is 2.36. The Morgan fingerprint density at radius 3 is 2.17 bits per heavy atom. The van der Waals surface area contributed by atoms with Gasteiger partial charge in [0.15, 0.2) is 0 Å². The normalized spacial score (nSPS) is 20.3. The summed E-state index contributed by atoms with van der Waals surface area (Å²) in [6.07, 6.45) is 2.18. The van der Waals surface area contributed by atoms with Gasteiger partial charge in [0.25, 0.3) is 0 Å². The molecule has 0 bridgehead atoms. The topological polar surface area (TPSA) is 105 Å². The third-order valence-electron chi connectivity index (χ3n) is 7.11. The number of amides is 2. The van der Waals surface area contributed by atoms with Gasteiger partial charge in [0.05, 0.1) is 0 Å². The molecule has 2 aromatic carbocycles. The largest absolute Gasteiger partial charge is 0.480 e. The fraction of sp³-hybridized carbons (Fsp3) is 0.464. The second kappa shape index (κ2) is 10.1. The molecular weight excluding hydrogens is 444 g/mol. The summed E-state index contributed by atoms with van der Waals surface area (Å²) in [5.74, 6) is -1.67. The molecule has 0 aromatic heterocycles. The SMILES string of the molecule is CC(C)(C)C(NC(=O)C1CCCC(NC(=O)OCC2c3ccccc3-c3ccccc32)C1)C(=O)O. The number of nitrogens with one attached hydrogen (secondary N) is 2. The van der Waals surface area contributed by atoms with Crippen molar-refractivity contribution in [3.8, 4) is 11.1 Å². The van der Waals surface area contributed by atoms with E-state index in [2.05, 4.69) is 34.9 Å². The monoisotopic (exact) mass is 478 g/mol. The summed E-state index contributed by atoms with van der Waals surface area (Å²) in [5.41, 5.74) is 4.06. The molecular formula is C28H34N2O5. The molecule has 186 valence electrons. The smallest absolute Gasteiger partial charge is 0.407 e. The highest BCUT2D eigenvalue weighted by atomic mass is 16.5. The predicted octanol–water partition coefficient (Wildman–Crippen LogP) is 4.70. The van der Waals surface area contributed by atoms with Crippen LogP contribution in [0.5, 0.6) is 0 Å². The van der Waals surface area contributed by atoms with Crippen molar-refractivity contribution in [3.05, 3.63) is 59.7 Å². The van der Waals surface area contributed by atoms with Gasteiger partial charge < -0.3 is 20.5 Å². The molecule has 3 atom stereocenters. The number of alkyl carbamates (subject to hydrolysis) is 1. The van der Waals surface area contributed by atoms with E-state index in [0.29, 0.717) is 12.8 Å². The van der Waals surface area contributed by atoms with Crippen LogP contribution >= 0.6 is 0 Å². The minimum atomic E-state index is -1.05. The van der Waals surface area contributed by atoms with E-state index >= 15 is 0 Å². The van der Waals surface area contributed by atoms with Crippen molar-refractivity contribution in [1.29, 1.82) is 0 Å². The van der Waals surface area contributed by atoms with E-state index in [0.717, 1.165) is 24.0 Å². The average molecular weight is 479 g/mol. The van der Waals surface area contributed by atoms with Crippen molar-refractivity contribution in [2.24, 2.45) is 11.3 Å². The van der Waals surface area contributed by atoms with E-state index < -0.39 is 23.5 Å². The molecule has 3 unspecified atom stereocenters. The number of carbonyl (C=O) groups is 3. The number of hydrogen-bond acceptors (Lipinski definition) is 4. The summed E-state index contributed by atoms with van der Waals surface area (Å²) in [7, 11) is 0. The molecule has 0 heterocycles. The number of fused-ring (bicyclic) bond motifs is 3. The van der Waals surface area contributed by atoms with Gasteiger partial charge in [-0.05, 0) is 46.9 Å². The maximum Gasteiger partial charge on any atom is 0.407 e. The number of ether oxygens (including phenoxy) is 1. The van der Waals surface area contributed by atoms with Crippen molar-refractivity contribution in [2.75, 3.05) is 6.61 Å². The van der Waals surface area contributed by atoms with Crippen LogP contribution in [0.2, 0.25) is 0 Å².